The predicted octanol–water partition coefficient (Wildman–Crippen LogP) is 3.23. The Bertz CT molecular complexity index is 740. The van der Waals surface area contributed by atoms with Crippen molar-refractivity contribution in [3.8, 4) is 0 Å². The fraction of sp³-hybridized carbons (Fsp3) is 0.750. The lowest BCUT2D eigenvalue weighted by molar-refractivity contribution is 0.131. The second-order valence-electron chi connectivity index (χ2n) is 9.64. The number of nitrogens with one attached hydrogen (secondary N) is 1. The van der Waals surface area contributed by atoms with Crippen molar-refractivity contribution in [3.05, 3.63) is 11.8 Å². The van der Waals surface area contributed by atoms with E-state index in [1.165, 1.54) is 25.7 Å². The number of aromatic nitrogens is 2. The zero-order valence-corrected chi connectivity index (χ0v) is 16.5. The summed E-state index contributed by atoms with van der Waals surface area (Å²) in [5.74, 6) is 2.11. The molecule has 7 nitrogen and oxygen atoms in total. The number of rotatable bonds is 4. The summed E-state index contributed by atoms with van der Waals surface area (Å²) < 4.78 is 0. The summed E-state index contributed by atoms with van der Waals surface area (Å²) in [6.07, 6.45) is 5.31. The number of nitrogens with two attached hydrogens (primary N) is 1. The Labute approximate surface area is 160 Å². The Kier molecular flexibility index (Phi) is 4.24. The number of anilines is 2. The molecule has 148 valence electrons. The Morgan fingerprint density at radius 3 is 2.67 bits per heavy atom. The fourth-order valence-electron chi connectivity index (χ4n) is 5.62. The van der Waals surface area contributed by atoms with E-state index in [-0.39, 0.29) is 16.9 Å². The van der Waals surface area contributed by atoms with Crippen LogP contribution in [0.2, 0.25) is 0 Å². The molecule has 1 aromatic rings. The van der Waals surface area contributed by atoms with Crippen LogP contribution in [0, 0.1) is 22.7 Å². The molecule has 2 saturated carbocycles. The first-order valence-corrected chi connectivity index (χ1v) is 10.1. The number of nitrogen functional groups attached to an aromatic ring is 1. The van der Waals surface area contributed by atoms with Gasteiger partial charge in [-0.05, 0) is 17.8 Å². The van der Waals surface area contributed by atoms with Gasteiger partial charge in [-0.3, -0.25) is 0 Å². The zero-order chi connectivity index (χ0) is 19.4. The Hall–Kier alpha value is -2.05. The SMILES string of the molecule is CC(C)(C)[C@@]12CN(C(=O)O)C[C@H]1[C@@H]2Nc1cc(CC2CCCC2)nc(N)n1. The molecule has 7 heteroatoms. The second kappa shape index (κ2) is 6.24. The molecule has 3 fully saturated rings. The normalized spacial score (nSPS) is 30.4. The molecule has 1 amide bonds. The fourth-order valence-corrected chi connectivity index (χ4v) is 5.62. The molecule has 2 aliphatic carbocycles. The average molecular weight is 374 g/mol. The van der Waals surface area contributed by atoms with E-state index < -0.39 is 6.09 Å². The first-order valence-electron chi connectivity index (χ1n) is 10.1. The summed E-state index contributed by atoms with van der Waals surface area (Å²) in [7, 11) is 0. The number of hydrogen-bond donors (Lipinski definition) is 3. The molecule has 0 aromatic carbocycles. The summed E-state index contributed by atoms with van der Waals surface area (Å²) in [5.41, 5.74) is 6.94. The lowest BCUT2D eigenvalue weighted by Crippen LogP contribution is -2.40. The molecule has 0 spiro atoms. The molecule has 1 saturated heterocycles. The quantitative estimate of drug-likeness (QED) is 0.748. The standard InChI is InChI=1S/C20H31N5O2/c1-19(2,3)20-11-25(18(26)27)10-14(20)16(20)23-15-9-13(22-17(21)24-15)8-12-6-4-5-7-12/h9,12,14,16H,4-8,10-11H2,1-3H3,(H,26,27)(H3,21,22,23,24)/t14-,16-,20-/m0/s1. The number of nitrogens with zero attached hydrogens (tertiary/aromatic N) is 3. The van der Waals surface area contributed by atoms with Crippen molar-refractivity contribution in [1.29, 1.82) is 0 Å². The van der Waals surface area contributed by atoms with E-state index in [4.69, 9.17) is 5.73 Å². The van der Waals surface area contributed by atoms with E-state index in [1.807, 2.05) is 6.07 Å². The molecule has 0 radical (unpaired) electrons. The van der Waals surface area contributed by atoms with E-state index in [2.05, 4.69) is 36.1 Å². The van der Waals surface area contributed by atoms with Crippen molar-refractivity contribution in [2.45, 2.75) is 58.9 Å². The van der Waals surface area contributed by atoms with Gasteiger partial charge in [0.2, 0.25) is 5.95 Å². The van der Waals surface area contributed by atoms with Crippen LogP contribution in [0.25, 0.3) is 0 Å². The van der Waals surface area contributed by atoms with Crippen LogP contribution in [0.4, 0.5) is 16.6 Å². The molecule has 1 aromatic heterocycles. The monoisotopic (exact) mass is 373 g/mol. The summed E-state index contributed by atoms with van der Waals surface area (Å²) in [4.78, 5) is 21.8. The van der Waals surface area contributed by atoms with E-state index in [9.17, 15) is 9.90 Å². The van der Waals surface area contributed by atoms with E-state index >= 15 is 0 Å². The molecule has 4 N–H and O–H groups in total. The molecule has 27 heavy (non-hydrogen) atoms. The van der Waals surface area contributed by atoms with E-state index in [1.54, 1.807) is 4.90 Å². The number of amides is 1. The third-order valence-corrected chi connectivity index (χ3v) is 7.12. The van der Waals surface area contributed by atoms with Crippen LogP contribution in [0.3, 0.4) is 0 Å². The first-order chi connectivity index (χ1) is 12.7. The third-order valence-electron chi connectivity index (χ3n) is 7.12. The zero-order valence-electron chi connectivity index (χ0n) is 16.5. The molecule has 0 bridgehead atoms. The average Bonchev–Trinajstić information content (AvgIpc) is 2.97. The van der Waals surface area contributed by atoms with Gasteiger partial charge >= 0.3 is 6.09 Å². The minimum absolute atomic E-state index is 0.00475. The number of fused-ring (bicyclic) bond motifs is 1. The molecule has 1 aliphatic heterocycles. The van der Waals surface area contributed by atoms with Crippen molar-refractivity contribution in [2.24, 2.45) is 22.7 Å². The van der Waals surface area contributed by atoms with Gasteiger partial charge in [0.1, 0.15) is 5.82 Å². The van der Waals surface area contributed by atoms with E-state index in [0.29, 0.717) is 30.9 Å². The Morgan fingerprint density at radius 1 is 1.37 bits per heavy atom. The van der Waals surface area contributed by atoms with Gasteiger partial charge < -0.3 is 21.1 Å². The molecular weight excluding hydrogens is 342 g/mol. The van der Waals surface area contributed by atoms with Gasteiger partial charge in [-0.15, -0.1) is 0 Å². The third kappa shape index (κ3) is 3.11. The van der Waals surface area contributed by atoms with Gasteiger partial charge in [0, 0.05) is 42.2 Å². The minimum atomic E-state index is -0.824. The lowest BCUT2D eigenvalue weighted by atomic mass is 9.76. The van der Waals surface area contributed by atoms with Crippen molar-refractivity contribution >= 4 is 17.9 Å². The number of hydrogen-bond acceptors (Lipinski definition) is 5. The smallest absolute Gasteiger partial charge is 0.407 e. The van der Waals surface area contributed by atoms with Gasteiger partial charge in [0.25, 0.3) is 0 Å². The van der Waals surface area contributed by atoms with Crippen LogP contribution in [-0.2, 0) is 6.42 Å². The van der Waals surface area contributed by atoms with Crippen molar-refractivity contribution in [2.75, 3.05) is 24.1 Å². The van der Waals surface area contributed by atoms with Crippen LogP contribution in [0.1, 0.15) is 52.1 Å². The molecular formula is C20H31N5O2. The largest absolute Gasteiger partial charge is 0.465 e. The minimum Gasteiger partial charge on any atom is -0.465 e. The van der Waals surface area contributed by atoms with Gasteiger partial charge in [-0.25, -0.2) is 9.78 Å². The van der Waals surface area contributed by atoms with Crippen LogP contribution >= 0.6 is 0 Å². The van der Waals surface area contributed by atoms with Gasteiger partial charge in [-0.1, -0.05) is 46.5 Å². The van der Waals surface area contributed by atoms with Crippen LogP contribution in [0.15, 0.2) is 6.07 Å². The van der Waals surface area contributed by atoms with Crippen molar-refractivity contribution in [3.63, 3.8) is 0 Å². The topological polar surface area (TPSA) is 104 Å². The number of likely N-dealkylation sites (tertiary alicyclic amines) is 1. The van der Waals surface area contributed by atoms with Crippen LogP contribution in [-0.4, -0.2) is 45.2 Å². The first kappa shape index (κ1) is 18.3. The molecule has 4 rings (SSSR count). The summed E-state index contributed by atoms with van der Waals surface area (Å²) in [6, 6.07) is 2.26. The van der Waals surface area contributed by atoms with Gasteiger partial charge in [0.15, 0.2) is 0 Å². The second-order valence-corrected chi connectivity index (χ2v) is 9.64. The molecule has 3 aliphatic rings. The highest BCUT2D eigenvalue weighted by molar-refractivity contribution is 5.67. The number of piperidine rings is 1. The maximum Gasteiger partial charge on any atom is 0.407 e. The van der Waals surface area contributed by atoms with Gasteiger partial charge in [-0.2, -0.15) is 4.98 Å². The van der Waals surface area contributed by atoms with Gasteiger partial charge in [0.05, 0.1) is 0 Å². The maximum atomic E-state index is 11.4. The van der Waals surface area contributed by atoms with Crippen molar-refractivity contribution in [1.82, 2.24) is 14.9 Å². The number of carboxylic acid groups (broad SMARTS) is 1. The molecule has 0 unspecified atom stereocenters. The maximum absolute atomic E-state index is 11.4. The Morgan fingerprint density at radius 2 is 2.07 bits per heavy atom. The highest BCUT2D eigenvalue weighted by Gasteiger charge is 2.74. The van der Waals surface area contributed by atoms with E-state index in [0.717, 1.165) is 17.9 Å². The van der Waals surface area contributed by atoms with Crippen LogP contribution in [0.5, 0.6) is 0 Å². The summed E-state index contributed by atoms with van der Waals surface area (Å²) in [6.45, 7) is 7.76. The Balaban J connectivity index is 1.51. The number of carbonyl (C=O) groups is 1. The van der Waals surface area contributed by atoms with Crippen molar-refractivity contribution < 1.29 is 9.90 Å². The summed E-state index contributed by atoms with van der Waals surface area (Å²) >= 11 is 0. The molecule has 2 heterocycles. The van der Waals surface area contributed by atoms with Crippen LogP contribution < -0.4 is 11.1 Å². The highest BCUT2D eigenvalue weighted by Crippen LogP contribution is 2.67. The lowest BCUT2D eigenvalue weighted by Gasteiger charge is -2.33. The summed E-state index contributed by atoms with van der Waals surface area (Å²) in [5, 5.41) is 13.0. The highest BCUT2D eigenvalue weighted by atomic mass is 16.4. The predicted molar refractivity (Wildman–Crippen MR) is 104 cm³/mol. The molecule has 3 atom stereocenters.